The standard InChI is InChI=1S/C16H24FNO2/c1-3-16(19,4-2)12-18-9-10-20-15(11-18)13-7-5-6-8-14(13)17/h5-8,15,19H,3-4,9-12H2,1-2H3. The fraction of sp³-hybridized carbons (Fsp3) is 0.625. The number of hydrogen-bond donors (Lipinski definition) is 1. The molecule has 0 spiro atoms. The third-order valence-electron chi connectivity index (χ3n) is 4.24. The number of hydrogen-bond acceptors (Lipinski definition) is 3. The molecule has 1 fully saturated rings. The van der Waals surface area contributed by atoms with Crippen LogP contribution in [0.25, 0.3) is 0 Å². The summed E-state index contributed by atoms with van der Waals surface area (Å²) in [5.74, 6) is -0.222. The number of benzene rings is 1. The highest BCUT2D eigenvalue weighted by atomic mass is 19.1. The lowest BCUT2D eigenvalue weighted by atomic mass is 9.96. The number of aliphatic hydroxyl groups is 1. The van der Waals surface area contributed by atoms with Crippen molar-refractivity contribution in [3.05, 3.63) is 35.6 Å². The van der Waals surface area contributed by atoms with Crippen LogP contribution >= 0.6 is 0 Å². The number of halogens is 1. The molecule has 1 aromatic rings. The molecule has 3 nitrogen and oxygen atoms in total. The average molecular weight is 281 g/mol. The first-order valence-electron chi connectivity index (χ1n) is 7.38. The third kappa shape index (κ3) is 3.57. The lowest BCUT2D eigenvalue weighted by molar-refractivity contribution is -0.0689. The Morgan fingerprint density at radius 2 is 2.05 bits per heavy atom. The molecule has 1 saturated heterocycles. The molecule has 0 radical (unpaired) electrons. The lowest BCUT2D eigenvalue weighted by Crippen LogP contribution is -2.47. The van der Waals surface area contributed by atoms with Crippen molar-refractivity contribution in [2.24, 2.45) is 0 Å². The lowest BCUT2D eigenvalue weighted by Gasteiger charge is -2.38. The molecule has 1 unspecified atom stereocenters. The fourth-order valence-electron chi connectivity index (χ4n) is 2.66. The van der Waals surface area contributed by atoms with Gasteiger partial charge in [0.05, 0.1) is 18.3 Å². The first-order chi connectivity index (χ1) is 9.58. The molecule has 1 heterocycles. The van der Waals surface area contributed by atoms with Crippen molar-refractivity contribution in [1.82, 2.24) is 4.90 Å². The zero-order chi connectivity index (χ0) is 14.6. The summed E-state index contributed by atoms with van der Waals surface area (Å²) < 4.78 is 19.5. The highest BCUT2D eigenvalue weighted by molar-refractivity contribution is 5.20. The smallest absolute Gasteiger partial charge is 0.129 e. The van der Waals surface area contributed by atoms with E-state index in [0.29, 0.717) is 25.3 Å². The van der Waals surface area contributed by atoms with Crippen LogP contribution < -0.4 is 0 Å². The molecule has 112 valence electrons. The van der Waals surface area contributed by atoms with Gasteiger partial charge in [0.15, 0.2) is 0 Å². The van der Waals surface area contributed by atoms with Crippen molar-refractivity contribution in [1.29, 1.82) is 0 Å². The molecule has 0 aliphatic carbocycles. The minimum absolute atomic E-state index is 0.222. The predicted molar refractivity (Wildman–Crippen MR) is 77.1 cm³/mol. The summed E-state index contributed by atoms with van der Waals surface area (Å²) in [5, 5.41) is 10.4. The van der Waals surface area contributed by atoms with E-state index in [1.54, 1.807) is 12.1 Å². The topological polar surface area (TPSA) is 32.7 Å². The van der Waals surface area contributed by atoms with E-state index in [0.717, 1.165) is 19.4 Å². The molecule has 1 atom stereocenters. The predicted octanol–water partition coefficient (Wildman–Crippen LogP) is 2.75. The van der Waals surface area contributed by atoms with Gasteiger partial charge in [0.25, 0.3) is 0 Å². The summed E-state index contributed by atoms with van der Waals surface area (Å²) in [7, 11) is 0. The molecule has 0 aromatic heterocycles. The number of rotatable bonds is 5. The van der Waals surface area contributed by atoms with Crippen LogP contribution in [0, 0.1) is 5.82 Å². The van der Waals surface area contributed by atoms with Crippen LogP contribution in [-0.4, -0.2) is 41.8 Å². The molecule has 0 amide bonds. The first-order valence-corrected chi connectivity index (χ1v) is 7.38. The Labute approximate surface area is 120 Å². The monoisotopic (exact) mass is 281 g/mol. The number of ether oxygens (including phenoxy) is 1. The Balaban J connectivity index is 2.04. The first kappa shape index (κ1) is 15.4. The van der Waals surface area contributed by atoms with Gasteiger partial charge in [-0.3, -0.25) is 4.90 Å². The highest BCUT2D eigenvalue weighted by Gasteiger charge is 2.30. The van der Waals surface area contributed by atoms with E-state index >= 15 is 0 Å². The summed E-state index contributed by atoms with van der Waals surface area (Å²) in [6.07, 6.45) is 1.21. The number of nitrogens with zero attached hydrogens (tertiary/aromatic N) is 1. The van der Waals surface area contributed by atoms with Crippen molar-refractivity contribution in [2.45, 2.75) is 38.4 Å². The Morgan fingerprint density at radius 3 is 2.70 bits per heavy atom. The molecule has 0 saturated carbocycles. The van der Waals surface area contributed by atoms with Crippen LogP contribution in [0.1, 0.15) is 38.4 Å². The zero-order valence-corrected chi connectivity index (χ0v) is 12.3. The maximum absolute atomic E-state index is 13.8. The van der Waals surface area contributed by atoms with Gasteiger partial charge < -0.3 is 9.84 Å². The van der Waals surface area contributed by atoms with Gasteiger partial charge in [0.1, 0.15) is 5.82 Å². The summed E-state index contributed by atoms with van der Waals surface area (Å²) in [6, 6.07) is 6.75. The molecular weight excluding hydrogens is 257 g/mol. The van der Waals surface area contributed by atoms with Crippen molar-refractivity contribution in [3.63, 3.8) is 0 Å². The normalized spacial score (nSPS) is 21.1. The van der Waals surface area contributed by atoms with Crippen LogP contribution in [0.4, 0.5) is 4.39 Å². The van der Waals surface area contributed by atoms with Gasteiger partial charge in [-0.05, 0) is 18.9 Å². The van der Waals surface area contributed by atoms with Crippen molar-refractivity contribution < 1.29 is 14.2 Å². The molecule has 1 aliphatic rings. The van der Waals surface area contributed by atoms with Crippen LogP contribution in [0.5, 0.6) is 0 Å². The van der Waals surface area contributed by atoms with Crippen LogP contribution in [0.3, 0.4) is 0 Å². The van der Waals surface area contributed by atoms with Crippen LogP contribution in [0.2, 0.25) is 0 Å². The Kier molecular flexibility index (Phi) is 5.13. The van der Waals surface area contributed by atoms with E-state index in [2.05, 4.69) is 4.90 Å². The van der Waals surface area contributed by atoms with Gasteiger partial charge in [-0.2, -0.15) is 0 Å². The maximum atomic E-state index is 13.8. The van der Waals surface area contributed by atoms with E-state index in [4.69, 9.17) is 4.74 Å². The summed E-state index contributed by atoms with van der Waals surface area (Å²) in [6.45, 7) is 6.60. The molecule has 20 heavy (non-hydrogen) atoms. The van der Waals surface area contributed by atoms with Crippen molar-refractivity contribution >= 4 is 0 Å². The van der Waals surface area contributed by atoms with Crippen LogP contribution in [0.15, 0.2) is 24.3 Å². The van der Waals surface area contributed by atoms with Crippen molar-refractivity contribution in [3.8, 4) is 0 Å². The fourth-order valence-corrected chi connectivity index (χ4v) is 2.66. The van der Waals surface area contributed by atoms with E-state index < -0.39 is 5.60 Å². The Morgan fingerprint density at radius 1 is 1.35 bits per heavy atom. The second kappa shape index (κ2) is 6.66. The molecule has 1 aromatic carbocycles. The zero-order valence-electron chi connectivity index (χ0n) is 12.3. The van der Waals surface area contributed by atoms with Gasteiger partial charge >= 0.3 is 0 Å². The van der Waals surface area contributed by atoms with Gasteiger partial charge in [-0.1, -0.05) is 32.0 Å². The minimum atomic E-state index is -0.656. The molecule has 0 bridgehead atoms. The second-order valence-electron chi connectivity index (χ2n) is 5.55. The van der Waals surface area contributed by atoms with E-state index in [-0.39, 0.29) is 11.9 Å². The van der Waals surface area contributed by atoms with Gasteiger partial charge in [-0.25, -0.2) is 4.39 Å². The number of morpholine rings is 1. The molecular formula is C16H24FNO2. The number of β-amino-alcohol motifs (C(OH)–C–C–N with tert-alkyl or cyclic N) is 1. The average Bonchev–Trinajstić information content (AvgIpc) is 2.48. The SMILES string of the molecule is CCC(O)(CC)CN1CCOC(c2ccccc2F)C1. The third-order valence-corrected chi connectivity index (χ3v) is 4.24. The minimum Gasteiger partial charge on any atom is -0.389 e. The second-order valence-corrected chi connectivity index (χ2v) is 5.55. The van der Waals surface area contributed by atoms with E-state index in [1.807, 2.05) is 19.9 Å². The Hall–Kier alpha value is -0.970. The van der Waals surface area contributed by atoms with Gasteiger partial charge in [0.2, 0.25) is 0 Å². The van der Waals surface area contributed by atoms with Gasteiger partial charge in [0, 0.05) is 25.2 Å². The molecule has 4 heteroatoms. The van der Waals surface area contributed by atoms with E-state index in [1.165, 1.54) is 6.07 Å². The summed E-state index contributed by atoms with van der Waals surface area (Å²) >= 11 is 0. The van der Waals surface area contributed by atoms with Crippen LogP contribution in [-0.2, 0) is 4.74 Å². The maximum Gasteiger partial charge on any atom is 0.129 e. The molecule has 1 aliphatic heterocycles. The van der Waals surface area contributed by atoms with Crippen molar-refractivity contribution in [2.75, 3.05) is 26.2 Å². The highest BCUT2D eigenvalue weighted by Crippen LogP contribution is 2.26. The summed E-state index contributed by atoms with van der Waals surface area (Å²) in [5.41, 5.74) is -0.0503. The molecule has 1 N–H and O–H groups in total. The van der Waals surface area contributed by atoms with Gasteiger partial charge in [-0.15, -0.1) is 0 Å². The Bertz CT molecular complexity index is 434. The quantitative estimate of drug-likeness (QED) is 0.901. The largest absolute Gasteiger partial charge is 0.389 e. The molecule has 2 rings (SSSR count). The summed E-state index contributed by atoms with van der Waals surface area (Å²) in [4.78, 5) is 2.17. The van der Waals surface area contributed by atoms with E-state index in [9.17, 15) is 9.50 Å².